The Hall–Kier alpha value is -0.730. The summed E-state index contributed by atoms with van der Waals surface area (Å²) in [6, 6.07) is 13.0. The quantitative estimate of drug-likeness (QED) is 0.687. The van der Waals surface area contributed by atoms with Gasteiger partial charge in [-0.1, -0.05) is 42.5 Å². The minimum Gasteiger partial charge on any atom is -0.126 e. The molecule has 16 heavy (non-hydrogen) atoms. The van der Waals surface area contributed by atoms with Crippen molar-refractivity contribution in [1.82, 2.24) is 0 Å². The van der Waals surface area contributed by atoms with E-state index in [1.807, 2.05) is 11.8 Å². The summed E-state index contributed by atoms with van der Waals surface area (Å²) in [5.74, 6) is 0. The lowest BCUT2D eigenvalue weighted by Gasteiger charge is -2.13. The van der Waals surface area contributed by atoms with E-state index in [1.54, 1.807) is 0 Å². The molecule has 2 aromatic rings. The van der Waals surface area contributed by atoms with E-state index in [4.69, 9.17) is 0 Å². The average Bonchev–Trinajstić information content (AvgIpc) is 2.83. The lowest BCUT2D eigenvalue weighted by Crippen LogP contribution is -1.91. The van der Waals surface area contributed by atoms with Gasteiger partial charge in [-0.05, 0) is 44.1 Å². The van der Waals surface area contributed by atoms with Gasteiger partial charge in [0.1, 0.15) is 0 Å². The maximum atomic E-state index is 3.75. The number of fused-ring (bicyclic) bond motifs is 1. The second kappa shape index (κ2) is 4.27. The molecule has 1 atom stereocenters. The minimum absolute atomic E-state index is 0.582. The van der Waals surface area contributed by atoms with Gasteiger partial charge in [-0.2, -0.15) is 0 Å². The van der Waals surface area contributed by atoms with Gasteiger partial charge in [-0.25, -0.2) is 0 Å². The van der Waals surface area contributed by atoms with Crippen molar-refractivity contribution in [3.05, 3.63) is 57.9 Å². The van der Waals surface area contributed by atoms with Crippen LogP contribution in [0.1, 0.15) is 17.2 Å². The summed E-state index contributed by atoms with van der Waals surface area (Å²) >= 11 is 5.66. The van der Waals surface area contributed by atoms with Crippen LogP contribution in [0.15, 0.2) is 52.4 Å². The number of hydrogen-bond acceptors (Lipinski definition) is 1. The van der Waals surface area contributed by atoms with Crippen molar-refractivity contribution in [2.75, 3.05) is 0 Å². The van der Waals surface area contributed by atoms with Crippen molar-refractivity contribution in [2.24, 2.45) is 0 Å². The van der Waals surface area contributed by atoms with Crippen LogP contribution < -0.4 is 0 Å². The molecule has 0 saturated carbocycles. The van der Waals surface area contributed by atoms with E-state index in [0.717, 1.165) is 6.42 Å². The van der Waals surface area contributed by atoms with E-state index in [2.05, 4.69) is 63.8 Å². The summed E-state index contributed by atoms with van der Waals surface area (Å²) in [7, 11) is 0. The average molecular weight is 291 g/mol. The monoisotopic (exact) mass is 290 g/mol. The van der Waals surface area contributed by atoms with Gasteiger partial charge in [0.05, 0.1) is 0 Å². The van der Waals surface area contributed by atoms with E-state index >= 15 is 0 Å². The summed E-state index contributed by atoms with van der Waals surface area (Å²) in [5.41, 5.74) is 1.41. The molecule has 1 aliphatic rings. The first-order valence-electron chi connectivity index (χ1n) is 5.34. The molecule has 0 saturated heterocycles. The molecule has 0 aliphatic carbocycles. The Morgan fingerprint density at radius 2 is 2.00 bits per heavy atom. The van der Waals surface area contributed by atoms with Crippen LogP contribution in [0.4, 0.5) is 0 Å². The second-order valence-corrected chi connectivity index (χ2v) is 5.83. The molecule has 0 spiro atoms. The third-order valence-electron chi connectivity index (χ3n) is 2.93. The molecule has 1 aliphatic heterocycles. The van der Waals surface area contributed by atoms with Crippen molar-refractivity contribution in [3.63, 3.8) is 0 Å². The zero-order valence-electron chi connectivity index (χ0n) is 8.69. The molecule has 0 N–H and O–H groups in total. The predicted molar refractivity (Wildman–Crippen MR) is 75.7 cm³/mol. The SMILES string of the molecule is Brc1c(C2CC=CS2)ccc2ccccc12. The first-order chi connectivity index (χ1) is 7.86. The highest BCUT2D eigenvalue weighted by Gasteiger charge is 2.17. The van der Waals surface area contributed by atoms with E-state index in [-0.39, 0.29) is 0 Å². The smallest absolute Gasteiger partial charge is 0.0384 e. The van der Waals surface area contributed by atoms with E-state index in [0.29, 0.717) is 5.25 Å². The Labute approximate surface area is 108 Å². The lowest BCUT2D eigenvalue weighted by atomic mass is 10.0. The van der Waals surface area contributed by atoms with Crippen LogP contribution in [0.5, 0.6) is 0 Å². The molecule has 1 unspecified atom stereocenters. The van der Waals surface area contributed by atoms with Crippen LogP contribution in [0, 0.1) is 0 Å². The molecule has 0 aromatic heterocycles. The van der Waals surface area contributed by atoms with Gasteiger partial charge in [0, 0.05) is 9.72 Å². The van der Waals surface area contributed by atoms with Crippen molar-refractivity contribution in [1.29, 1.82) is 0 Å². The third kappa shape index (κ3) is 1.70. The topological polar surface area (TPSA) is 0 Å². The molecule has 0 nitrogen and oxygen atoms in total. The van der Waals surface area contributed by atoms with Gasteiger partial charge >= 0.3 is 0 Å². The summed E-state index contributed by atoms with van der Waals surface area (Å²) < 4.78 is 1.26. The Morgan fingerprint density at radius 3 is 2.81 bits per heavy atom. The molecule has 3 rings (SSSR count). The molecule has 1 heterocycles. The van der Waals surface area contributed by atoms with Crippen LogP contribution in [0.25, 0.3) is 10.8 Å². The summed E-state index contributed by atoms with van der Waals surface area (Å²) in [6.45, 7) is 0. The zero-order chi connectivity index (χ0) is 11.0. The standard InChI is InChI=1S/C14H11BrS/c15-14-11-5-2-1-4-10(11)7-8-12(14)13-6-3-9-16-13/h1-5,7-9,13H,6H2. The Kier molecular flexibility index (Phi) is 2.78. The van der Waals surface area contributed by atoms with Crippen molar-refractivity contribution in [2.45, 2.75) is 11.7 Å². The van der Waals surface area contributed by atoms with E-state index in [9.17, 15) is 0 Å². The fraction of sp³-hybridized carbons (Fsp3) is 0.143. The van der Waals surface area contributed by atoms with Crippen LogP contribution >= 0.6 is 27.7 Å². The molecule has 80 valence electrons. The Balaban J connectivity index is 2.16. The number of rotatable bonds is 1. The predicted octanol–water partition coefficient (Wildman–Crippen LogP) is 5.29. The van der Waals surface area contributed by atoms with E-state index < -0.39 is 0 Å². The van der Waals surface area contributed by atoms with E-state index in [1.165, 1.54) is 20.8 Å². The molecule has 0 radical (unpaired) electrons. The van der Waals surface area contributed by atoms with Crippen molar-refractivity contribution >= 4 is 38.5 Å². The molecule has 0 fully saturated rings. The van der Waals surface area contributed by atoms with Crippen LogP contribution in [0.2, 0.25) is 0 Å². The fourth-order valence-corrected chi connectivity index (χ4v) is 3.98. The number of thioether (sulfide) groups is 1. The molecule has 0 amide bonds. The summed E-state index contributed by atoms with van der Waals surface area (Å²) in [5, 5.41) is 5.40. The highest BCUT2D eigenvalue weighted by atomic mass is 79.9. The maximum Gasteiger partial charge on any atom is 0.0384 e. The first-order valence-corrected chi connectivity index (χ1v) is 7.07. The van der Waals surface area contributed by atoms with Gasteiger partial charge < -0.3 is 0 Å². The number of halogens is 1. The Morgan fingerprint density at radius 1 is 1.12 bits per heavy atom. The molecular formula is C14H11BrS. The number of allylic oxidation sites excluding steroid dienone is 1. The van der Waals surface area contributed by atoms with Gasteiger partial charge in [0.2, 0.25) is 0 Å². The van der Waals surface area contributed by atoms with Crippen LogP contribution in [-0.4, -0.2) is 0 Å². The Bertz CT molecular complexity index is 552. The summed E-state index contributed by atoms with van der Waals surface area (Å²) in [6.07, 6.45) is 3.39. The summed E-state index contributed by atoms with van der Waals surface area (Å²) in [4.78, 5) is 0. The fourth-order valence-electron chi connectivity index (χ4n) is 2.08. The number of benzene rings is 2. The molecule has 2 heteroatoms. The van der Waals surface area contributed by atoms with Crippen molar-refractivity contribution < 1.29 is 0 Å². The van der Waals surface area contributed by atoms with Crippen LogP contribution in [-0.2, 0) is 0 Å². The molecule has 0 bridgehead atoms. The third-order valence-corrected chi connectivity index (χ3v) is 4.94. The second-order valence-electron chi connectivity index (χ2n) is 3.92. The largest absolute Gasteiger partial charge is 0.126 e. The number of hydrogen-bond donors (Lipinski definition) is 0. The molecule has 2 aromatic carbocycles. The van der Waals surface area contributed by atoms with Gasteiger partial charge in [0.25, 0.3) is 0 Å². The highest BCUT2D eigenvalue weighted by Crippen LogP contribution is 2.43. The van der Waals surface area contributed by atoms with Crippen LogP contribution in [0.3, 0.4) is 0 Å². The van der Waals surface area contributed by atoms with Gasteiger partial charge in [-0.15, -0.1) is 11.8 Å². The maximum absolute atomic E-state index is 3.75. The minimum atomic E-state index is 0.582. The normalized spacial score (nSPS) is 19.4. The molecular weight excluding hydrogens is 280 g/mol. The van der Waals surface area contributed by atoms with Gasteiger partial charge in [0.15, 0.2) is 0 Å². The first kappa shape index (κ1) is 10.4. The van der Waals surface area contributed by atoms with Gasteiger partial charge in [-0.3, -0.25) is 0 Å². The lowest BCUT2D eigenvalue weighted by molar-refractivity contribution is 0.987. The zero-order valence-corrected chi connectivity index (χ0v) is 11.1. The highest BCUT2D eigenvalue weighted by molar-refractivity contribution is 9.10. The van der Waals surface area contributed by atoms with Crippen molar-refractivity contribution in [3.8, 4) is 0 Å².